The number of rotatable bonds is 5. The zero-order valence-corrected chi connectivity index (χ0v) is 12.9. The van der Waals surface area contributed by atoms with E-state index >= 15 is 0 Å². The number of urea groups is 1. The van der Waals surface area contributed by atoms with Crippen LogP contribution in [0.3, 0.4) is 0 Å². The molecule has 2 aliphatic rings. The van der Waals surface area contributed by atoms with Gasteiger partial charge in [0.05, 0.1) is 18.2 Å². The summed E-state index contributed by atoms with van der Waals surface area (Å²) in [5, 5.41) is 5.53. The molecule has 2 fully saturated rings. The highest BCUT2D eigenvalue weighted by Crippen LogP contribution is 2.34. The Kier molecular flexibility index (Phi) is 4.84. The van der Waals surface area contributed by atoms with Crippen LogP contribution in [0.4, 0.5) is 18.0 Å². The van der Waals surface area contributed by atoms with E-state index in [-0.39, 0.29) is 43.0 Å². The molecule has 0 saturated carbocycles. The van der Waals surface area contributed by atoms with Gasteiger partial charge in [-0.1, -0.05) is 18.2 Å². The standard InChI is InChI=1S/C16H19F3N2O3/c17-16(18,19)24-13-4-2-1-3-10(13)7-8-20-15(22)21-12-9-11-5-6-14(12)23-11/h1-4,11-12,14H,5-9H2,(H2,20,21,22)/t11-,12-,14-/m1/s1. The van der Waals surface area contributed by atoms with Crippen LogP contribution in [0.15, 0.2) is 24.3 Å². The van der Waals surface area contributed by atoms with Gasteiger partial charge >= 0.3 is 12.4 Å². The van der Waals surface area contributed by atoms with Gasteiger partial charge in [-0.15, -0.1) is 13.2 Å². The average Bonchev–Trinajstić information content (AvgIpc) is 3.10. The van der Waals surface area contributed by atoms with Crippen molar-refractivity contribution in [1.29, 1.82) is 0 Å². The molecule has 2 aliphatic heterocycles. The molecule has 0 spiro atoms. The molecule has 5 nitrogen and oxygen atoms in total. The fourth-order valence-electron chi connectivity index (χ4n) is 3.25. The summed E-state index contributed by atoms with van der Waals surface area (Å²) < 4.78 is 46.7. The number of para-hydroxylation sites is 1. The van der Waals surface area contributed by atoms with Crippen molar-refractivity contribution in [1.82, 2.24) is 10.6 Å². The van der Waals surface area contributed by atoms with Gasteiger partial charge in [-0.3, -0.25) is 0 Å². The molecule has 0 aliphatic carbocycles. The summed E-state index contributed by atoms with van der Waals surface area (Å²) in [6, 6.07) is 5.60. The number of ether oxygens (including phenoxy) is 2. The van der Waals surface area contributed by atoms with Crippen molar-refractivity contribution in [3.63, 3.8) is 0 Å². The van der Waals surface area contributed by atoms with Crippen LogP contribution in [0.5, 0.6) is 5.75 Å². The van der Waals surface area contributed by atoms with Gasteiger partial charge in [0.25, 0.3) is 0 Å². The minimum Gasteiger partial charge on any atom is -0.406 e. The SMILES string of the molecule is O=C(NCCc1ccccc1OC(F)(F)F)N[C@@H]1C[C@H]2CC[C@H]1O2. The summed E-state index contributed by atoms with van der Waals surface area (Å²) >= 11 is 0. The fourth-order valence-corrected chi connectivity index (χ4v) is 3.25. The second-order valence-electron chi connectivity index (χ2n) is 6.02. The number of hydrogen-bond donors (Lipinski definition) is 2. The molecule has 24 heavy (non-hydrogen) atoms. The lowest BCUT2D eigenvalue weighted by atomic mass is 9.96. The number of alkyl halides is 3. The van der Waals surface area contributed by atoms with Crippen molar-refractivity contribution in [3.8, 4) is 5.75 Å². The van der Waals surface area contributed by atoms with Crippen LogP contribution >= 0.6 is 0 Å². The van der Waals surface area contributed by atoms with Gasteiger partial charge in [-0.25, -0.2) is 4.79 Å². The molecule has 3 rings (SSSR count). The van der Waals surface area contributed by atoms with Crippen molar-refractivity contribution in [2.45, 2.75) is 50.3 Å². The smallest absolute Gasteiger partial charge is 0.406 e. The first-order valence-electron chi connectivity index (χ1n) is 7.94. The number of benzene rings is 1. The van der Waals surface area contributed by atoms with Crippen LogP contribution in [0.1, 0.15) is 24.8 Å². The summed E-state index contributed by atoms with van der Waals surface area (Å²) in [7, 11) is 0. The number of carbonyl (C=O) groups excluding carboxylic acids is 1. The second kappa shape index (κ2) is 6.88. The van der Waals surface area contributed by atoms with Gasteiger partial charge in [-0.05, 0) is 37.3 Å². The predicted molar refractivity (Wildman–Crippen MR) is 79.7 cm³/mol. The third kappa shape index (κ3) is 4.31. The van der Waals surface area contributed by atoms with E-state index in [1.165, 1.54) is 12.1 Å². The Morgan fingerprint density at radius 3 is 2.75 bits per heavy atom. The van der Waals surface area contributed by atoms with E-state index in [0.29, 0.717) is 5.56 Å². The number of nitrogens with one attached hydrogen (secondary N) is 2. The van der Waals surface area contributed by atoms with Crippen LogP contribution in [-0.2, 0) is 11.2 Å². The van der Waals surface area contributed by atoms with Gasteiger partial charge in [-0.2, -0.15) is 0 Å². The molecule has 0 aromatic heterocycles. The normalized spacial score (nSPS) is 25.5. The second-order valence-corrected chi connectivity index (χ2v) is 6.02. The van der Waals surface area contributed by atoms with Gasteiger partial charge in [0.2, 0.25) is 0 Å². The van der Waals surface area contributed by atoms with E-state index in [1.54, 1.807) is 12.1 Å². The Hall–Kier alpha value is -1.96. The zero-order valence-electron chi connectivity index (χ0n) is 12.9. The molecule has 2 heterocycles. The van der Waals surface area contributed by atoms with Crippen LogP contribution in [0.25, 0.3) is 0 Å². The summed E-state index contributed by atoms with van der Waals surface area (Å²) in [5.74, 6) is -0.242. The number of amides is 2. The van der Waals surface area contributed by atoms with Crippen molar-refractivity contribution in [2.75, 3.05) is 6.54 Å². The molecular weight excluding hydrogens is 325 g/mol. The number of fused-ring (bicyclic) bond motifs is 2. The molecular formula is C16H19F3N2O3. The molecule has 132 valence electrons. The van der Waals surface area contributed by atoms with Gasteiger partial charge in [0, 0.05) is 6.54 Å². The molecule has 1 aromatic carbocycles. The fraction of sp³-hybridized carbons (Fsp3) is 0.562. The van der Waals surface area contributed by atoms with Crippen LogP contribution in [0, 0.1) is 0 Å². The first-order chi connectivity index (χ1) is 11.4. The van der Waals surface area contributed by atoms with Crippen molar-refractivity contribution >= 4 is 6.03 Å². The maximum Gasteiger partial charge on any atom is 0.573 e. The van der Waals surface area contributed by atoms with Gasteiger partial charge < -0.3 is 20.1 Å². The van der Waals surface area contributed by atoms with E-state index in [4.69, 9.17) is 4.74 Å². The van der Waals surface area contributed by atoms with Crippen LogP contribution in [-0.4, -0.2) is 37.2 Å². The Morgan fingerprint density at radius 2 is 2.08 bits per heavy atom. The maximum absolute atomic E-state index is 12.4. The van der Waals surface area contributed by atoms with Gasteiger partial charge in [0.15, 0.2) is 0 Å². The van der Waals surface area contributed by atoms with Gasteiger partial charge in [0.1, 0.15) is 5.75 Å². The highest BCUT2D eigenvalue weighted by molar-refractivity contribution is 5.74. The number of halogens is 3. The Bertz CT molecular complexity index is 594. The quantitative estimate of drug-likeness (QED) is 0.863. The molecule has 8 heteroatoms. The predicted octanol–water partition coefficient (Wildman–Crippen LogP) is 2.75. The minimum absolute atomic E-state index is 0.0181. The van der Waals surface area contributed by atoms with E-state index in [0.717, 1.165) is 19.3 Å². The lowest BCUT2D eigenvalue weighted by molar-refractivity contribution is -0.274. The monoisotopic (exact) mass is 344 g/mol. The molecule has 0 radical (unpaired) electrons. The maximum atomic E-state index is 12.4. The topological polar surface area (TPSA) is 59.6 Å². The molecule has 1 aromatic rings. The third-order valence-corrected chi connectivity index (χ3v) is 4.30. The number of hydrogen-bond acceptors (Lipinski definition) is 3. The minimum atomic E-state index is -4.73. The van der Waals surface area contributed by atoms with Crippen molar-refractivity contribution in [3.05, 3.63) is 29.8 Å². The molecule has 2 bridgehead atoms. The highest BCUT2D eigenvalue weighted by Gasteiger charge is 2.41. The van der Waals surface area contributed by atoms with Crippen LogP contribution in [0.2, 0.25) is 0 Å². The average molecular weight is 344 g/mol. The van der Waals surface area contributed by atoms with E-state index < -0.39 is 6.36 Å². The van der Waals surface area contributed by atoms with Crippen molar-refractivity contribution < 1.29 is 27.4 Å². The zero-order chi connectivity index (χ0) is 17.2. The summed E-state index contributed by atoms with van der Waals surface area (Å²) in [4.78, 5) is 11.9. The lowest BCUT2D eigenvalue weighted by Gasteiger charge is -2.20. The van der Waals surface area contributed by atoms with Crippen LogP contribution < -0.4 is 15.4 Å². The Labute approximate surface area is 137 Å². The molecule has 2 saturated heterocycles. The van der Waals surface area contributed by atoms with E-state index in [1.807, 2.05) is 0 Å². The first-order valence-corrected chi connectivity index (χ1v) is 7.94. The summed E-state index contributed by atoms with van der Waals surface area (Å²) in [5.41, 5.74) is 0.387. The number of carbonyl (C=O) groups is 1. The summed E-state index contributed by atoms with van der Waals surface area (Å²) in [6.45, 7) is 0.214. The van der Waals surface area contributed by atoms with E-state index in [2.05, 4.69) is 15.4 Å². The molecule has 2 N–H and O–H groups in total. The Balaban J connectivity index is 1.45. The largest absolute Gasteiger partial charge is 0.573 e. The Morgan fingerprint density at radius 1 is 1.29 bits per heavy atom. The molecule has 2 amide bonds. The van der Waals surface area contributed by atoms with Crippen molar-refractivity contribution in [2.24, 2.45) is 0 Å². The lowest BCUT2D eigenvalue weighted by Crippen LogP contribution is -2.46. The first kappa shape index (κ1) is 16.9. The molecule has 0 unspecified atom stereocenters. The summed E-state index contributed by atoms with van der Waals surface area (Å²) in [6.07, 6.45) is -1.35. The highest BCUT2D eigenvalue weighted by atomic mass is 19.4. The van der Waals surface area contributed by atoms with E-state index in [9.17, 15) is 18.0 Å². The third-order valence-electron chi connectivity index (χ3n) is 4.30. The molecule has 3 atom stereocenters.